The number of aromatic nitrogens is 1. The molecule has 0 amide bonds. The molecule has 1 heterocycles. The second-order valence-corrected chi connectivity index (χ2v) is 1.64. The topological polar surface area (TPSA) is 60.5 Å². The lowest BCUT2D eigenvalue weighted by atomic mass is 10.3. The normalized spacial score (nSPS) is 7.80. The Kier molecular flexibility index (Phi) is 1.63. The Morgan fingerprint density at radius 3 is 2.70 bits per heavy atom. The van der Waals surface area contributed by atoms with E-state index in [2.05, 4.69) is 11.1 Å². The molecule has 1 rings (SSSR count). The first-order chi connectivity index (χ1) is 4.86. The van der Waals surface area contributed by atoms with Crippen molar-refractivity contribution in [3.8, 4) is 12.1 Å². The first-order valence-corrected chi connectivity index (χ1v) is 2.66. The molecule has 10 heavy (non-hydrogen) atoms. The van der Waals surface area contributed by atoms with Crippen LogP contribution >= 0.6 is 0 Å². The summed E-state index contributed by atoms with van der Waals surface area (Å²) in [7, 11) is 0. The zero-order valence-corrected chi connectivity index (χ0v) is 5.13. The molecule has 0 spiro atoms. The van der Waals surface area contributed by atoms with Gasteiger partial charge >= 0.3 is 6.07 Å². The van der Waals surface area contributed by atoms with Gasteiger partial charge in [0.05, 0.1) is 0 Å². The maximum absolute atomic E-state index is 8.36. The Morgan fingerprint density at radius 2 is 2.10 bits per heavy atom. The summed E-state index contributed by atoms with van der Waals surface area (Å²) in [5, 5.41) is 15.0. The Bertz CT molecular complexity index is 287. The summed E-state index contributed by atoms with van der Waals surface area (Å²) in [5.41, 5.74) is 0.705. The fraction of sp³-hybridized carbons (Fsp3) is 0. The van der Waals surface area contributed by atoms with Crippen molar-refractivity contribution >= 4 is 0 Å². The van der Waals surface area contributed by atoms with Crippen molar-refractivity contribution < 1.29 is 5.26 Å². The summed E-state index contributed by atoms with van der Waals surface area (Å²) in [6.07, 6.45) is 0. The summed E-state index contributed by atoms with van der Waals surface area (Å²) in [4.78, 5) is 3.75. The van der Waals surface area contributed by atoms with Crippen molar-refractivity contribution in [3.05, 3.63) is 29.6 Å². The molecule has 0 saturated carbocycles. The Hall–Kier alpha value is -1.87. The minimum Gasteiger partial charge on any atom is -0.222 e. The quantitative estimate of drug-likeness (QED) is 0.493. The number of rotatable bonds is 0. The average molecular weight is 130 g/mol. The molecule has 0 fully saturated rings. The van der Waals surface area contributed by atoms with Gasteiger partial charge < -0.3 is 0 Å². The molecular formula is C7H4N3+. The van der Waals surface area contributed by atoms with Gasteiger partial charge in [-0.25, -0.2) is 4.98 Å². The van der Waals surface area contributed by atoms with Crippen LogP contribution in [0.2, 0.25) is 0 Å². The highest BCUT2D eigenvalue weighted by Gasteiger charge is 1.95. The summed E-state index contributed by atoms with van der Waals surface area (Å²) in [5.74, 6) is 0. The van der Waals surface area contributed by atoms with Crippen LogP contribution < -0.4 is 5.26 Å². The number of hydrogen-bond donors (Lipinski definition) is 1. The van der Waals surface area contributed by atoms with Crippen LogP contribution in [0.25, 0.3) is 0 Å². The molecule has 0 saturated heterocycles. The number of hydrogen-bond acceptors (Lipinski definition) is 2. The molecule has 0 bridgehead atoms. The first kappa shape index (κ1) is 6.25. The van der Waals surface area contributed by atoms with E-state index in [9.17, 15) is 0 Å². The molecule has 0 aliphatic rings. The Morgan fingerprint density at radius 1 is 1.40 bits per heavy atom. The molecule has 46 valence electrons. The standard InChI is InChI=1S/C7H3N3/c8-4-6-2-1-3-7(5-9)10-6/h1-3H/p+1. The van der Waals surface area contributed by atoms with E-state index in [1.54, 1.807) is 18.2 Å². The number of pyridine rings is 1. The zero-order chi connectivity index (χ0) is 7.40. The van der Waals surface area contributed by atoms with Crippen molar-refractivity contribution in [2.75, 3.05) is 0 Å². The van der Waals surface area contributed by atoms with Crippen LogP contribution in [0.3, 0.4) is 0 Å². The fourth-order valence-corrected chi connectivity index (χ4v) is 0.567. The van der Waals surface area contributed by atoms with E-state index in [0.717, 1.165) is 0 Å². The molecular weight excluding hydrogens is 126 g/mol. The highest BCUT2D eigenvalue weighted by molar-refractivity contribution is 5.27. The molecule has 3 nitrogen and oxygen atoms in total. The predicted octanol–water partition coefficient (Wildman–Crippen LogP) is -0.926. The lowest BCUT2D eigenvalue weighted by Crippen LogP contribution is -2.17. The van der Waals surface area contributed by atoms with Crippen molar-refractivity contribution in [3.63, 3.8) is 0 Å². The second-order valence-electron chi connectivity index (χ2n) is 1.64. The van der Waals surface area contributed by atoms with E-state index in [-0.39, 0.29) is 0 Å². The molecule has 1 aromatic rings. The van der Waals surface area contributed by atoms with E-state index in [1.807, 2.05) is 6.07 Å². The molecule has 0 unspecified atom stereocenters. The van der Waals surface area contributed by atoms with Crippen LogP contribution in [0.1, 0.15) is 11.4 Å². The monoisotopic (exact) mass is 130 g/mol. The summed E-state index contributed by atoms with van der Waals surface area (Å²) >= 11 is 0. The van der Waals surface area contributed by atoms with Gasteiger partial charge in [0.15, 0.2) is 5.69 Å². The van der Waals surface area contributed by atoms with Crippen molar-refractivity contribution in [1.29, 1.82) is 5.26 Å². The van der Waals surface area contributed by atoms with E-state index in [4.69, 9.17) is 10.5 Å². The molecule has 1 aromatic heterocycles. The molecule has 0 aromatic carbocycles. The third kappa shape index (κ3) is 1.10. The van der Waals surface area contributed by atoms with Crippen LogP contribution in [-0.4, -0.2) is 4.98 Å². The predicted molar refractivity (Wildman–Crippen MR) is 32.9 cm³/mol. The van der Waals surface area contributed by atoms with Crippen LogP contribution in [0.4, 0.5) is 0 Å². The van der Waals surface area contributed by atoms with Gasteiger partial charge in [-0.2, -0.15) is 5.26 Å². The molecule has 0 radical (unpaired) electrons. The second kappa shape index (κ2) is 2.61. The maximum atomic E-state index is 8.36. The summed E-state index contributed by atoms with van der Waals surface area (Å²) in [6, 6.07) is 8.83. The third-order valence-electron chi connectivity index (χ3n) is 0.992. The van der Waals surface area contributed by atoms with Gasteiger partial charge in [0.2, 0.25) is 0 Å². The van der Waals surface area contributed by atoms with Crippen molar-refractivity contribution in [1.82, 2.24) is 4.98 Å². The highest BCUT2D eigenvalue weighted by Crippen LogP contribution is 1.94. The fourth-order valence-electron chi connectivity index (χ4n) is 0.567. The minimum atomic E-state index is 0.317. The summed E-state index contributed by atoms with van der Waals surface area (Å²) in [6.45, 7) is 0. The minimum absolute atomic E-state index is 0.317. The van der Waals surface area contributed by atoms with E-state index >= 15 is 0 Å². The van der Waals surface area contributed by atoms with E-state index in [1.165, 1.54) is 0 Å². The number of nitriles is 1. The van der Waals surface area contributed by atoms with Crippen molar-refractivity contribution in [2.45, 2.75) is 0 Å². The Labute approximate surface area is 58.2 Å². The van der Waals surface area contributed by atoms with Gasteiger partial charge in [0, 0.05) is 0 Å². The lowest BCUT2D eigenvalue weighted by Gasteiger charge is -1.83. The molecule has 3 heteroatoms. The van der Waals surface area contributed by atoms with E-state index < -0.39 is 0 Å². The Balaban J connectivity index is 3.17. The van der Waals surface area contributed by atoms with Crippen LogP contribution in [-0.2, 0) is 0 Å². The van der Waals surface area contributed by atoms with Crippen LogP contribution in [0.15, 0.2) is 18.2 Å². The third-order valence-corrected chi connectivity index (χ3v) is 0.992. The molecule has 0 atom stereocenters. The van der Waals surface area contributed by atoms with Gasteiger partial charge in [0.1, 0.15) is 11.8 Å². The first-order valence-electron chi connectivity index (χ1n) is 2.66. The maximum Gasteiger partial charge on any atom is 0.328 e. The highest BCUT2D eigenvalue weighted by atomic mass is 14.7. The van der Waals surface area contributed by atoms with Gasteiger partial charge in [-0.3, -0.25) is 0 Å². The summed E-state index contributed by atoms with van der Waals surface area (Å²) < 4.78 is 0. The SMILES string of the molecule is N#Cc1cccc(C#[NH+])n1. The van der Waals surface area contributed by atoms with Crippen molar-refractivity contribution in [2.24, 2.45) is 0 Å². The van der Waals surface area contributed by atoms with Crippen LogP contribution in [0.5, 0.6) is 0 Å². The van der Waals surface area contributed by atoms with Gasteiger partial charge in [0.25, 0.3) is 0 Å². The van der Waals surface area contributed by atoms with Gasteiger partial charge in [-0.15, -0.1) is 0 Å². The van der Waals surface area contributed by atoms with Gasteiger partial charge in [-0.05, 0) is 12.1 Å². The van der Waals surface area contributed by atoms with Crippen LogP contribution in [0, 0.1) is 17.4 Å². The lowest BCUT2D eigenvalue weighted by molar-refractivity contribution is -0.0912. The van der Waals surface area contributed by atoms with Gasteiger partial charge in [-0.1, -0.05) is 11.3 Å². The zero-order valence-electron chi connectivity index (χ0n) is 5.13. The average Bonchev–Trinajstić information content (AvgIpc) is 2.05. The smallest absolute Gasteiger partial charge is 0.222 e. The molecule has 0 aliphatic carbocycles. The van der Waals surface area contributed by atoms with E-state index in [0.29, 0.717) is 11.4 Å². The molecule has 0 aliphatic heterocycles. The number of nitrogens with one attached hydrogen (secondary N) is 1. The molecule has 1 N–H and O–H groups in total. The largest absolute Gasteiger partial charge is 0.328 e. The number of nitrogens with zero attached hydrogens (tertiary/aromatic N) is 2.